The van der Waals surface area contributed by atoms with Gasteiger partial charge in [0.1, 0.15) is 16.7 Å². The summed E-state index contributed by atoms with van der Waals surface area (Å²) < 4.78 is 34.9. The van der Waals surface area contributed by atoms with E-state index < -0.39 is 22.2 Å². The third-order valence-corrected chi connectivity index (χ3v) is 8.79. The average Bonchev–Trinajstić information content (AvgIpc) is 3.70. The molecular weight excluding hydrogens is 466 g/mol. The minimum atomic E-state index is -3.94. The first-order chi connectivity index (χ1) is 16.6. The molecule has 1 amide bonds. The van der Waals surface area contributed by atoms with E-state index >= 15 is 0 Å². The first-order valence-corrected chi connectivity index (χ1v) is 13.3. The number of rotatable bonds is 6. The van der Waals surface area contributed by atoms with Crippen LogP contribution in [0.1, 0.15) is 32.3 Å². The van der Waals surface area contributed by atoms with E-state index in [2.05, 4.69) is 6.07 Å². The van der Waals surface area contributed by atoms with Gasteiger partial charge in [0.2, 0.25) is 15.9 Å². The van der Waals surface area contributed by atoms with Crippen molar-refractivity contribution in [2.24, 2.45) is 11.8 Å². The Morgan fingerprint density at radius 2 is 1.89 bits per heavy atom. The van der Waals surface area contributed by atoms with Crippen LogP contribution in [0.15, 0.2) is 47.4 Å². The smallest absolute Gasteiger partial charge is 0.247 e. The van der Waals surface area contributed by atoms with Crippen LogP contribution in [-0.2, 0) is 14.8 Å². The van der Waals surface area contributed by atoms with E-state index in [4.69, 9.17) is 10.00 Å². The Balaban J connectivity index is 1.76. The number of hydrogen-bond donors (Lipinski definition) is 1. The maximum Gasteiger partial charge on any atom is 0.247 e. The summed E-state index contributed by atoms with van der Waals surface area (Å²) in [4.78, 5) is 14.3. The zero-order chi connectivity index (χ0) is 25.3. The van der Waals surface area contributed by atoms with Crippen molar-refractivity contribution < 1.29 is 23.1 Å². The van der Waals surface area contributed by atoms with Crippen LogP contribution in [0.2, 0.25) is 0 Å². The molecule has 1 saturated carbocycles. The van der Waals surface area contributed by atoms with Crippen molar-refractivity contribution in [2.45, 2.75) is 43.7 Å². The lowest BCUT2D eigenvalue weighted by Crippen LogP contribution is -2.50. The van der Waals surface area contributed by atoms with Crippen molar-refractivity contribution in [3.8, 4) is 22.9 Å². The molecule has 1 heterocycles. The Labute approximate surface area is 206 Å². The van der Waals surface area contributed by atoms with Gasteiger partial charge in [0.05, 0.1) is 24.8 Å². The lowest BCUT2D eigenvalue weighted by atomic mass is 10.0. The number of likely N-dealkylation sites (N-methyl/N-ethyl adjacent to an activating group) is 1. The quantitative estimate of drug-likeness (QED) is 0.657. The van der Waals surface area contributed by atoms with Gasteiger partial charge in [-0.2, -0.15) is 9.57 Å². The summed E-state index contributed by atoms with van der Waals surface area (Å²) in [6.07, 6.45) is 1.36. The highest BCUT2D eigenvalue weighted by Crippen LogP contribution is 2.37. The minimum absolute atomic E-state index is 0.0308. The van der Waals surface area contributed by atoms with E-state index in [-0.39, 0.29) is 41.5 Å². The molecule has 1 aliphatic heterocycles. The van der Waals surface area contributed by atoms with E-state index in [1.165, 1.54) is 10.4 Å². The second-order valence-corrected chi connectivity index (χ2v) is 11.4. The van der Waals surface area contributed by atoms with Crippen LogP contribution in [0.5, 0.6) is 5.75 Å². The molecule has 2 aliphatic rings. The lowest BCUT2D eigenvalue weighted by Gasteiger charge is -2.37. The predicted octanol–water partition coefficient (Wildman–Crippen LogP) is 2.86. The van der Waals surface area contributed by atoms with Gasteiger partial charge in [0.15, 0.2) is 0 Å². The molecule has 0 spiro atoms. The van der Waals surface area contributed by atoms with Crippen LogP contribution in [0.4, 0.5) is 0 Å². The number of ether oxygens (including phenoxy) is 1. The first-order valence-electron chi connectivity index (χ1n) is 11.8. The van der Waals surface area contributed by atoms with Gasteiger partial charge < -0.3 is 14.7 Å². The number of benzene rings is 2. The first kappa shape index (κ1) is 25.2. The molecule has 35 heavy (non-hydrogen) atoms. The Hall–Kier alpha value is -2.93. The lowest BCUT2D eigenvalue weighted by molar-refractivity contribution is -0.132. The summed E-state index contributed by atoms with van der Waals surface area (Å²) in [5.41, 5.74) is 2.10. The summed E-state index contributed by atoms with van der Waals surface area (Å²) in [7, 11) is -2.19. The monoisotopic (exact) mass is 497 g/mol. The molecule has 0 radical (unpaired) electrons. The van der Waals surface area contributed by atoms with Gasteiger partial charge in [-0.3, -0.25) is 4.79 Å². The van der Waals surface area contributed by atoms with Gasteiger partial charge in [-0.25, -0.2) is 8.42 Å². The van der Waals surface area contributed by atoms with Crippen molar-refractivity contribution in [2.75, 3.05) is 26.7 Å². The molecule has 0 unspecified atom stereocenters. The molecule has 0 aromatic heterocycles. The van der Waals surface area contributed by atoms with E-state index in [0.29, 0.717) is 12.1 Å². The minimum Gasteiger partial charge on any atom is -0.487 e. The average molecular weight is 498 g/mol. The topological polar surface area (TPSA) is 111 Å². The molecular formula is C26H31N3O5S. The number of sulfonamides is 1. The van der Waals surface area contributed by atoms with Crippen LogP contribution >= 0.6 is 0 Å². The molecule has 1 fully saturated rings. The molecule has 2 aromatic rings. The predicted molar refractivity (Wildman–Crippen MR) is 131 cm³/mol. The molecule has 9 heteroatoms. The van der Waals surface area contributed by atoms with Gasteiger partial charge in [-0.1, -0.05) is 25.1 Å². The highest BCUT2D eigenvalue weighted by molar-refractivity contribution is 7.89. The number of nitriles is 1. The van der Waals surface area contributed by atoms with Crippen molar-refractivity contribution in [1.29, 1.82) is 5.26 Å². The molecule has 0 bridgehead atoms. The Morgan fingerprint density at radius 1 is 1.23 bits per heavy atom. The van der Waals surface area contributed by atoms with Crippen LogP contribution in [0.3, 0.4) is 0 Å². The third-order valence-electron chi connectivity index (χ3n) is 6.77. The van der Waals surface area contributed by atoms with E-state index in [1.54, 1.807) is 55.3 Å². The fourth-order valence-electron chi connectivity index (χ4n) is 4.36. The second-order valence-electron chi connectivity index (χ2n) is 9.58. The molecule has 1 aliphatic carbocycles. The van der Waals surface area contributed by atoms with Crippen LogP contribution in [0, 0.1) is 23.2 Å². The van der Waals surface area contributed by atoms with Gasteiger partial charge in [0.25, 0.3) is 0 Å². The number of carbonyl (C=O) groups excluding carboxylic acids is 1. The Morgan fingerprint density at radius 3 is 2.49 bits per heavy atom. The third kappa shape index (κ3) is 5.20. The fourth-order valence-corrected chi connectivity index (χ4v) is 6.19. The maximum atomic E-state index is 13.6. The number of nitrogens with zero attached hydrogens (tertiary/aromatic N) is 3. The molecule has 186 valence electrons. The molecule has 1 N–H and O–H groups in total. The number of aliphatic hydroxyl groups is 1. The Kier molecular flexibility index (Phi) is 7.17. The van der Waals surface area contributed by atoms with Crippen LogP contribution < -0.4 is 4.74 Å². The molecule has 8 nitrogen and oxygen atoms in total. The van der Waals surface area contributed by atoms with E-state index in [9.17, 15) is 18.3 Å². The SMILES string of the molecule is C[C@H]1CN([C@@H](C)CO)S(=O)(=O)c2ccc(-c3ccc(C#N)cc3)cc2O[C@H]1CN(C)C(=O)C1CC1. The van der Waals surface area contributed by atoms with Crippen molar-refractivity contribution in [1.82, 2.24) is 9.21 Å². The van der Waals surface area contributed by atoms with Crippen LogP contribution in [-0.4, -0.2) is 67.5 Å². The van der Waals surface area contributed by atoms with Gasteiger partial charge >= 0.3 is 0 Å². The highest BCUT2D eigenvalue weighted by Gasteiger charge is 2.39. The van der Waals surface area contributed by atoms with Crippen molar-refractivity contribution >= 4 is 15.9 Å². The highest BCUT2D eigenvalue weighted by atomic mass is 32.2. The number of carbonyl (C=O) groups is 1. The number of fused-ring (bicyclic) bond motifs is 1. The molecule has 2 aromatic carbocycles. The molecule has 4 rings (SSSR count). The molecule has 3 atom stereocenters. The van der Waals surface area contributed by atoms with Crippen LogP contribution in [0.25, 0.3) is 11.1 Å². The summed E-state index contributed by atoms with van der Waals surface area (Å²) >= 11 is 0. The second kappa shape index (κ2) is 9.97. The van der Waals surface area contributed by atoms with Crippen molar-refractivity contribution in [3.05, 3.63) is 48.0 Å². The standard InChI is InChI=1S/C26H31N3O5S/c1-17-14-29(18(2)16-30)35(32,33)25-11-10-22(20-6-4-19(13-27)5-7-20)12-23(25)34-24(17)15-28(3)26(31)21-8-9-21/h4-7,10-12,17-18,21,24,30H,8-9,14-16H2,1-3H3/t17-,18-,24-/m0/s1. The van der Waals surface area contributed by atoms with E-state index in [1.807, 2.05) is 6.92 Å². The largest absolute Gasteiger partial charge is 0.487 e. The number of aliphatic hydroxyl groups excluding tert-OH is 1. The van der Waals surface area contributed by atoms with E-state index in [0.717, 1.165) is 24.0 Å². The zero-order valence-corrected chi connectivity index (χ0v) is 21.0. The van der Waals surface area contributed by atoms with Gasteiger partial charge in [0, 0.05) is 31.5 Å². The van der Waals surface area contributed by atoms with Gasteiger partial charge in [-0.15, -0.1) is 0 Å². The zero-order valence-electron chi connectivity index (χ0n) is 20.2. The summed E-state index contributed by atoms with van der Waals surface area (Å²) in [5.74, 6) is 0.138. The van der Waals surface area contributed by atoms with Gasteiger partial charge in [-0.05, 0) is 55.2 Å². The molecule has 0 saturated heterocycles. The summed E-state index contributed by atoms with van der Waals surface area (Å²) in [5, 5.41) is 18.9. The Bertz CT molecular complexity index is 1230. The summed E-state index contributed by atoms with van der Waals surface area (Å²) in [6.45, 7) is 3.77. The number of hydrogen-bond acceptors (Lipinski definition) is 6. The summed E-state index contributed by atoms with van der Waals surface area (Å²) in [6, 6.07) is 13.4. The number of amides is 1. The maximum absolute atomic E-state index is 13.6. The van der Waals surface area contributed by atoms with Crippen molar-refractivity contribution in [3.63, 3.8) is 0 Å². The normalized spacial score (nSPS) is 22.6. The fraction of sp³-hybridized carbons (Fsp3) is 0.462.